The fourth-order valence-corrected chi connectivity index (χ4v) is 6.91. The highest BCUT2D eigenvalue weighted by atomic mass is 16.3. The lowest BCUT2D eigenvalue weighted by Crippen LogP contribution is -2.85. The molecule has 158 valence electrons. The van der Waals surface area contributed by atoms with Crippen molar-refractivity contribution in [1.82, 2.24) is 9.80 Å². The highest BCUT2D eigenvalue weighted by Gasteiger charge is 2.66. The first-order chi connectivity index (χ1) is 14.2. The maximum Gasteiger partial charge on any atom is 0.225 e. The van der Waals surface area contributed by atoms with Crippen LogP contribution in [0.1, 0.15) is 69.3 Å². The number of hydrogen-bond acceptors (Lipinski definition) is 3. The van der Waals surface area contributed by atoms with Crippen molar-refractivity contribution >= 4 is 5.91 Å². The monoisotopic (exact) mass is 396 g/mol. The summed E-state index contributed by atoms with van der Waals surface area (Å²) < 4.78 is 0. The number of benzene rings is 1. The number of amides is 1. The van der Waals surface area contributed by atoms with Gasteiger partial charge < -0.3 is 10.0 Å². The first kappa shape index (κ1) is 19.6. The fraction of sp³-hybridized carbons (Fsp3) is 0.720. The van der Waals surface area contributed by atoms with E-state index in [4.69, 9.17) is 0 Å². The van der Waals surface area contributed by atoms with Crippen LogP contribution in [0.25, 0.3) is 0 Å². The van der Waals surface area contributed by atoms with Crippen LogP contribution >= 0.6 is 0 Å². The maximum atomic E-state index is 13.1. The molecule has 2 atom stereocenters. The zero-order chi connectivity index (χ0) is 19.8. The van der Waals surface area contributed by atoms with Gasteiger partial charge in [-0.2, -0.15) is 0 Å². The van der Waals surface area contributed by atoms with Gasteiger partial charge in [-0.15, -0.1) is 0 Å². The number of hydrogen-bond donors (Lipinski definition) is 1. The summed E-state index contributed by atoms with van der Waals surface area (Å²) in [5.41, 5.74) is 1.38. The molecule has 1 spiro atoms. The lowest BCUT2D eigenvalue weighted by Gasteiger charge is -2.71. The standard InChI is InChI=1S/C25H36N2O2/c28-16-22-23(20-11-3-1-4-12-20)25(27(22)15-19-9-7-8-10-19)17-26(18-25)24(29)21-13-5-2-6-14-21/h1,3-4,11-12,19,21-23,28H,2,5-10,13-18H2/t22-,23-/m1/s1. The van der Waals surface area contributed by atoms with E-state index in [1.807, 2.05) is 0 Å². The summed E-state index contributed by atoms with van der Waals surface area (Å²) in [5.74, 6) is 1.76. The molecule has 4 aliphatic rings. The SMILES string of the molecule is O=C(C1CCCCC1)N1CC2(C1)[C@H](c1ccccc1)[C@@H](CO)N2CC1CCCC1. The zero-order valence-electron chi connectivity index (χ0n) is 17.6. The van der Waals surface area contributed by atoms with E-state index in [-0.39, 0.29) is 24.1 Å². The molecule has 1 aromatic rings. The van der Waals surface area contributed by atoms with Gasteiger partial charge in [-0.25, -0.2) is 0 Å². The molecule has 2 heterocycles. The molecule has 2 saturated carbocycles. The minimum atomic E-state index is 0.0433. The predicted octanol–water partition coefficient (Wildman–Crippen LogP) is 3.80. The highest BCUT2D eigenvalue weighted by Crippen LogP contribution is 2.55. The molecule has 1 amide bonds. The van der Waals surface area contributed by atoms with Gasteiger partial charge in [0.15, 0.2) is 0 Å². The van der Waals surface area contributed by atoms with E-state index in [0.29, 0.717) is 11.8 Å². The van der Waals surface area contributed by atoms with Crippen LogP contribution < -0.4 is 0 Å². The number of aliphatic hydroxyl groups is 1. The second-order valence-corrected chi connectivity index (χ2v) is 10.1. The van der Waals surface area contributed by atoms with Crippen molar-refractivity contribution < 1.29 is 9.90 Å². The molecule has 1 aromatic carbocycles. The largest absolute Gasteiger partial charge is 0.395 e. The molecule has 4 heteroatoms. The number of likely N-dealkylation sites (tertiary alicyclic amines) is 2. The Morgan fingerprint density at radius 3 is 2.28 bits per heavy atom. The third-order valence-electron chi connectivity index (χ3n) is 8.41. The summed E-state index contributed by atoms with van der Waals surface area (Å²) in [6, 6.07) is 10.9. The van der Waals surface area contributed by atoms with Crippen molar-refractivity contribution in [3.05, 3.63) is 35.9 Å². The van der Waals surface area contributed by atoms with Crippen molar-refractivity contribution in [2.45, 2.75) is 75.3 Å². The predicted molar refractivity (Wildman–Crippen MR) is 115 cm³/mol. The number of aliphatic hydroxyl groups excluding tert-OH is 1. The smallest absolute Gasteiger partial charge is 0.225 e. The quantitative estimate of drug-likeness (QED) is 0.823. The lowest BCUT2D eigenvalue weighted by molar-refractivity contribution is -0.202. The van der Waals surface area contributed by atoms with Gasteiger partial charge in [0.05, 0.1) is 12.1 Å². The van der Waals surface area contributed by atoms with Gasteiger partial charge in [0.25, 0.3) is 0 Å². The molecule has 0 radical (unpaired) electrons. The third kappa shape index (κ3) is 3.33. The molecular formula is C25H36N2O2. The van der Waals surface area contributed by atoms with E-state index in [1.165, 1.54) is 50.5 Å². The topological polar surface area (TPSA) is 43.8 Å². The molecule has 1 N–H and O–H groups in total. The Morgan fingerprint density at radius 1 is 0.966 bits per heavy atom. The molecule has 4 fully saturated rings. The fourth-order valence-electron chi connectivity index (χ4n) is 6.91. The Labute approximate surface area is 175 Å². The number of carbonyl (C=O) groups is 1. The molecule has 0 unspecified atom stereocenters. The van der Waals surface area contributed by atoms with E-state index >= 15 is 0 Å². The van der Waals surface area contributed by atoms with Gasteiger partial charge in [0.1, 0.15) is 0 Å². The second kappa shape index (κ2) is 8.03. The Bertz CT molecular complexity index is 703. The number of carbonyl (C=O) groups excluding carboxylic acids is 1. The molecule has 2 aliphatic heterocycles. The molecule has 4 nitrogen and oxygen atoms in total. The summed E-state index contributed by atoms with van der Waals surface area (Å²) in [7, 11) is 0. The summed E-state index contributed by atoms with van der Waals surface area (Å²) in [4.78, 5) is 17.9. The minimum absolute atomic E-state index is 0.0433. The minimum Gasteiger partial charge on any atom is -0.395 e. The number of nitrogens with zero attached hydrogens (tertiary/aromatic N) is 2. The highest BCUT2D eigenvalue weighted by molar-refractivity contribution is 5.80. The lowest BCUT2D eigenvalue weighted by atomic mass is 9.60. The van der Waals surface area contributed by atoms with Crippen LogP contribution in [0.5, 0.6) is 0 Å². The maximum absolute atomic E-state index is 13.1. The Morgan fingerprint density at radius 2 is 1.62 bits per heavy atom. The van der Waals surface area contributed by atoms with Crippen LogP contribution in [-0.2, 0) is 4.79 Å². The average molecular weight is 397 g/mol. The van der Waals surface area contributed by atoms with Crippen molar-refractivity contribution in [1.29, 1.82) is 0 Å². The van der Waals surface area contributed by atoms with Crippen LogP contribution in [-0.4, -0.2) is 58.6 Å². The van der Waals surface area contributed by atoms with Gasteiger partial charge >= 0.3 is 0 Å². The average Bonchev–Trinajstić information content (AvgIpc) is 3.24. The van der Waals surface area contributed by atoms with Crippen molar-refractivity contribution in [3.8, 4) is 0 Å². The van der Waals surface area contributed by atoms with Gasteiger partial charge in [-0.1, -0.05) is 62.4 Å². The molecule has 2 aliphatic carbocycles. The number of rotatable bonds is 5. The summed E-state index contributed by atoms with van der Waals surface area (Å²) in [6.45, 7) is 3.01. The molecule has 29 heavy (non-hydrogen) atoms. The van der Waals surface area contributed by atoms with Gasteiger partial charge in [-0.3, -0.25) is 9.69 Å². The van der Waals surface area contributed by atoms with Crippen LogP contribution in [0.4, 0.5) is 0 Å². The Kier molecular flexibility index (Phi) is 5.42. The van der Waals surface area contributed by atoms with E-state index in [2.05, 4.69) is 40.1 Å². The summed E-state index contributed by atoms with van der Waals surface area (Å²) in [6.07, 6.45) is 11.2. The first-order valence-corrected chi connectivity index (χ1v) is 11.9. The molecule has 0 aromatic heterocycles. The zero-order valence-corrected chi connectivity index (χ0v) is 17.6. The van der Waals surface area contributed by atoms with Crippen molar-refractivity contribution in [3.63, 3.8) is 0 Å². The van der Waals surface area contributed by atoms with E-state index < -0.39 is 0 Å². The Hall–Kier alpha value is -1.39. The third-order valence-corrected chi connectivity index (χ3v) is 8.41. The van der Waals surface area contributed by atoms with E-state index in [1.54, 1.807) is 0 Å². The first-order valence-electron chi connectivity index (χ1n) is 11.9. The van der Waals surface area contributed by atoms with Crippen molar-refractivity contribution in [2.75, 3.05) is 26.2 Å². The van der Waals surface area contributed by atoms with Gasteiger partial charge in [-0.05, 0) is 37.2 Å². The van der Waals surface area contributed by atoms with Crippen molar-refractivity contribution in [2.24, 2.45) is 11.8 Å². The van der Waals surface area contributed by atoms with Gasteiger partial charge in [0.2, 0.25) is 5.91 Å². The van der Waals surface area contributed by atoms with Crippen LogP contribution in [0.15, 0.2) is 30.3 Å². The normalized spacial score (nSPS) is 30.3. The van der Waals surface area contributed by atoms with Crippen LogP contribution in [0, 0.1) is 11.8 Å². The summed E-state index contributed by atoms with van der Waals surface area (Å²) in [5, 5.41) is 10.3. The van der Waals surface area contributed by atoms with Crippen LogP contribution in [0.2, 0.25) is 0 Å². The second-order valence-electron chi connectivity index (χ2n) is 10.1. The molecule has 0 bridgehead atoms. The molecule has 2 saturated heterocycles. The van der Waals surface area contributed by atoms with Gasteiger partial charge in [0, 0.05) is 37.5 Å². The summed E-state index contributed by atoms with van der Waals surface area (Å²) >= 11 is 0. The van der Waals surface area contributed by atoms with E-state index in [9.17, 15) is 9.90 Å². The van der Waals surface area contributed by atoms with Crippen LogP contribution in [0.3, 0.4) is 0 Å². The van der Waals surface area contributed by atoms with E-state index in [0.717, 1.165) is 38.4 Å². The Balaban J connectivity index is 1.35. The molecule has 5 rings (SSSR count). The molecular weight excluding hydrogens is 360 g/mol.